The van der Waals surface area contributed by atoms with E-state index < -0.39 is 5.60 Å². The van der Waals surface area contributed by atoms with Gasteiger partial charge >= 0.3 is 6.09 Å². The molecule has 1 N–H and O–H groups in total. The first-order valence-electron chi connectivity index (χ1n) is 6.56. The third-order valence-electron chi connectivity index (χ3n) is 2.93. The lowest BCUT2D eigenvalue weighted by atomic mass is 10.0. The number of rotatable bonds is 3. The Balaban J connectivity index is 2.23. The van der Waals surface area contributed by atoms with E-state index in [2.05, 4.69) is 5.32 Å². The minimum absolute atomic E-state index is 0.228. The first-order chi connectivity index (χ1) is 7.88. The number of hydrogen-bond acceptors (Lipinski definition) is 3. The summed E-state index contributed by atoms with van der Waals surface area (Å²) in [5.41, 5.74) is -0.408. The van der Waals surface area contributed by atoms with Crippen molar-refractivity contribution >= 4 is 6.09 Å². The van der Waals surface area contributed by atoms with Gasteiger partial charge in [0.25, 0.3) is 0 Å². The second kappa shape index (κ2) is 6.24. The van der Waals surface area contributed by atoms with Gasteiger partial charge in [0.1, 0.15) is 5.60 Å². The van der Waals surface area contributed by atoms with Crippen molar-refractivity contribution in [3.8, 4) is 0 Å². The molecular weight excluding hydrogens is 216 g/mol. The number of ether oxygens (including phenoxy) is 1. The summed E-state index contributed by atoms with van der Waals surface area (Å²) in [6, 6.07) is 0.564. The van der Waals surface area contributed by atoms with E-state index in [1.807, 2.05) is 20.8 Å². The summed E-state index contributed by atoms with van der Waals surface area (Å²) in [4.78, 5) is 13.4. The smallest absolute Gasteiger partial charge is 0.410 e. The van der Waals surface area contributed by atoms with Gasteiger partial charge in [0.15, 0.2) is 0 Å². The molecule has 100 valence electrons. The number of nitrogens with zero attached hydrogens (tertiary/aromatic N) is 1. The number of piperidine rings is 1. The fourth-order valence-electron chi connectivity index (χ4n) is 1.95. The monoisotopic (exact) mass is 242 g/mol. The largest absolute Gasteiger partial charge is 0.444 e. The van der Waals surface area contributed by atoms with Crippen LogP contribution in [0.2, 0.25) is 0 Å². The van der Waals surface area contributed by atoms with E-state index in [4.69, 9.17) is 4.74 Å². The maximum absolute atomic E-state index is 11.7. The molecular formula is C13H26N2O2. The van der Waals surface area contributed by atoms with Gasteiger partial charge < -0.3 is 15.0 Å². The van der Waals surface area contributed by atoms with Crippen LogP contribution in [0, 0.1) is 0 Å². The maximum Gasteiger partial charge on any atom is 0.410 e. The van der Waals surface area contributed by atoms with Gasteiger partial charge in [-0.15, -0.1) is 0 Å². The molecule has 0 aromatic heterocycles. The molecule has 0 spiro atoms. The summed E-state index contributed by atoms with van der Waals surface area (Å²) in [5.74, 6) is 0. The summed E-state index contributed by atoms with van der Waals surface area (Å²) in [6.45, 7) is 7.54. The average Bonchev–Trinajstić information content (AvgIpc) is 2.25. The third kappa shape index (κ3) is 5.91. The molecule has 1 heterocycles. The summed E-state index contributed by atoms with van der Waals surface area (Å²) < 4.78 is 5.31. The zero-order valence-electron chi connectivity index (χ0n) is 11.6. The molecule has 1 atom stereocenters. The SMILES string of the molecule is CN(CC[C@@H]1CCCCN1)C(=O)OC(C)(C)C. The van der Waals surface area contributed by atoms with Gasteiger partial charge in [0.2, 0.25) is 0 Å². The average molecular weight is 242 g/mol. The number of hydrogen-bond donors (Lipinski definition) is 1. The molecule has 0 aliphatic carbocycles. The molecule has 1 saturated heterocycles. The van der Waals surface area contributed by atoms with Crippen LogP contribution in [0.15, 0.2) is 0 Å². The highest BCUT2D eigenvalue weighted by Gasteiger charge is 2.20. The Morgan fingerprint density at radius 2 is 2.12 bits per heavy atom. The standard InChI is InChI=1S/C13H26N2O2/c1-13(2,3)17-12(16)15(4)10-8-11-7-5-6-9-14-11/h11,14H,5-10H2,1-4H3/t11-/m0/s1. The van der Waals surface area contributed by atoms with Crippen LogP contribution in [-0.4, -0.2) is 42.8 Å². The molecule has 1 fully saturated rings. The topological polar surface area (TPSA) is 41.6 Å². The van der Waals surface area contributed by atoms with E-state index in [0.29, 0.717) is 6.04 Å². The Kier molecular flexibility index (Phi) is 5.25. The molecule has 1 amide bonds. The quantitative estimate of drug-likeness (QED) is 0.826. The predicted octanol–water partition coefficient (Wildman–Crippen LogP) is 2.39. The van der Waals surface area contributed by atoms with Gasteiger partial charge in [-0.05, 0) is 46.6 Å². The molecule has 0 unspecified atom stereocenters. The number of carbonyl (C=O) groups excluding carboxylic acids is 1. The molecule has 1 aliphatic rings. The molecule has 0 aromatic rings. The van der Waals surface area contributed by atoms with Crippen molar-refractivity contribution in [2.24, 2.45) is 0 Å². The first-order valence-corrected chi connectivity index (χ1v) is 6.56. The van der Waals surface area contributed by atoms with Crippen LogP contribution >= 0.6 is 0 Å². The van der Waals surface area contributed by atoms with E-state index >= 15 is 0 Å². The van der Waals surface area contributed by atoms with Crippen LogP contribution in [0.25, 0.3) is 0 Å². The minimum Gasteiger partial charge on any atom is -0.444 e. The third-order valence-corrected chi connectivity index (χ3v) is 2.93. The zero-order valence-corrected chi connectivity index (χ0v) is 11.6. The van der Waals surface area contributed by atoms with E-state index in [1.54, 1.807) is 11.9 Å². The molecule has 0 radical (unpaired) electrons. The van der Waals surface area contributed by atoms with Gasteiger partial charge in [-0.25, -0.2) is 4.79 Å². The van der Waals surface area contributed by atoms with Gasteiger partial charge in [0, 0.05) is 19.6 Å². The maximum atomic E-state index is 11.7. The Morgan fingerprint density at radius 3 is 2.65 bits per heavy atom. The minimum atomic E-state index is -0.408. The van der Waals surface area contributed by atoms with Crippen LogP contribution in [0.3, 0.4) is 0 Å². The van der Waals surface area contributed by atoms with Crippen LogP contribution in [-0.2, 0) is 4.74 Å². The lowest BCUT2D eigenvalue weighted by molar-refractivity contribution is 0.0292. The fraction of sp³-hybridized carbons (Fsp3) is 0.923. The second-order valence-corrected chi connectivity index (χ2v) is 5.84. The van der Waals surface area contributed by atoms with Gasteiger partial charge in [-0.1, -0.05) is 6.42 Å². The van der Waals surface area contributed by atoms with Crippen molar-refractivity contribution in [2.75, 3.05) is 20.1 Å². The molecule has 4 nitrogen and oxygen atoms in total. The van der Waals surface area contributed by atoms with Crippen LogP contribution in [0.4, 0.5) is 4.79 Å². The van der Waals surface area contributed by atoms with Crippen molar-refractivity contribution in [3.05, 3.63) is 0 Å². The van der Waals surface area contributed by atoms with Gasteiger partial charge in [-0.3, -0.25) is 0 Å². The van der Waals surface area contributed by atoms with Crippen molar-refractivity contribution in [1.29, 1.82) is 0 Å². The van der Waals surface area contributed by atoms with Crippen LogP contribution in [0.5, 0.6) is 0 Å². The van der Waals surface area contributed by atoms with E-state index in [1.165, 1.54) is 19.3 Å². The van der Waals surface area contributed by atoms with E-state index in [0.717, 1.165) is 19.5 Å². The number of nitrogens with one attached hydrogen (secondary N) is 1. The Labute approximate surface area is 105 Å². The molecule has 1 rings (SSSR count). The predicted molar refractivity (Wildman–Crippen MR) is 69.1 cm³/mol. The normalized spacial score (nSPS) is 21.1. The van der Waals surface area contributed by atoms with Crippen molar-refractivity contribution in [2.45, 2.75) is 58.1 Å². The van der Waals surface area contributed by atoms with Gasteiger partial charge in [0.05, 0.1) is 0 Å². The molecule has 0 saturated carbocycles. The number of carbonyl (C=O) groups is 1. The molecule has 17 heavy (non-hydrogen) atoms. The van der Waals surface area contributed by atoms with E-state index in [9.17, 15) is 4.79 Å². The van der Waals surface area contributed by atoms with Crippen molar-refractivity contribution in [3.63, 3.8) is 0 Å². The van der Waals surface area contributed by atoms with Crippen LogP contribution < -0.4 is 5.32 Å². The first kappa shape index (κ1) is 14.3. The zero-order chi connectivity index (χ0) is 12.9. The Hall–Kier alpha value is -0.770. The van der Waals surface area contributed by atoms with Crippen molar-refractivity contribution in [1.82, 2.24) is 10.2 Å². The highest BCUT2D eigenvalue weighted by atomic mass is 16.6. The Morgan fingerprint density at radius 1 is 1.41 bits per heavy atom. The molecule has 0 bridgehead atoms. The number of amides is 1. The molecule has 0 aromatic carbocycles. The summed E-state index contributed by atoms with van der Waals surface area (Å²) >= 11 is 0. The lowest BCUT2D eigenvalue weighted by Gasteiger charge is -2.27. The lowest BCUT2D eigenvalue weighted by Crippen LogP contribution is -2.39. The Bertz CT molecular complexity index is 242. The fourth-order valence-corrected chi connectivity index (χ4v) is 1.95. The summed E-state index contributed by atoms with van der Waals surface area (Å²) in [6.07, 6.45) is 4.58. The van der Waals surface area contributed by atoms with Crippen molar-refractivity contribution < 1.29 is 9.53 Å². The summed E-state index contributed by atoms with van der Waals surface area (Å²) in [5, 5.41) is 3.48. The summed E-state index contributed by atoms with van der Waals surface area (Å²) in [7, 11) is 1.80. The van der Waals surface area contributed by atoms with E-state index in [-0.39, 0.29) is 6.09 Å². The van der Waals surface area contributed by atoms with Gasteiger partial charge in [-0.2, -0.15) is 0 Å². The molecule has 4 heteroatoms. The molecule has 1 aliphatic heterocycles. The highest BCUT2D eigenvalue weighted by molar-refractivity contribution is 5.67. The van der Waals surface area contributed by atoms with Crippen LogP contribution in [0.1, 0.15) is 46.5 Å². The highest BCUT2D eigenvalue weighted by Crippen LogP contribution is 2.12. The second-order valence-electron chi connectivity index (χ2n) is 5.84.